The van der Waals surface area contributed by atoms with Gasteiger partial charge >= 0.3 is 0 Å². The summed E-state index contributed by atoms with van der Waals surface area (Å²) >= 11 is 4.95. The number of benzene rings is 1. The summed E-state index contributed by atoms with van der Waals surface area (Å²) in [5.41, 5.74) is 8.04. The third-order valence-electron chi connectivity index (χ3n) is 2.43. The van der Waals surface area contributed by atoms with Crippen molar-refractivity contribution in [3.8, 4) is 0 Å². The summed E-state index contributed by atoms with van der Waals surface area (Å²) in [5, 5.41) is 3.16. The van der Waals surface area contributed by atoms with Gasteiger partial charge in [-0.3, -0.25) is 0 Å². The molecule has 0 radical (unpaired) electrons. The van der Waals surface area contributed by atoms with Crippen molar-refractivity contribution in [2.75, 3.05) is 12.4 Å². The maximum absolute atomic E-state index is 5.61. The van der Waals surface area contributed by atoms with Crippen molar-refractivity contribution in [2.24, 2.45) is 5.73 Å². The molecule has 0 bridgehead atoms. The van der Waals surface area contributed by atoms with E-state index in [1.165, 1.54) is 0 Å². The zero-order chi connectivity index (χ0) is 13.7. The average Bonchev–Trinajstić information content (AvgIpc) is 2.40. The predicted molar refractivity (Wildman–Crippen MR) is 78.4 cm³/mol. The highest BCUT2D eigenvalue weighted by atomic mass is 32.1. The van der Waals surface area contributed by atoms with Gasteiger partial charge in [0, 0.05) is 25.2 Å². The van der Waals surface area contributed by atoms with Gasteiger partial charge in [0.15, 0.2) is 5.82 Å². The van der Waals surface area contributed by atoms with Crippen LogP contribution in [0.5, 0.6) is 0 Å². The number of nitrogens with one attached hydrogen (secondary N) is 1. The molecular formula is C13H14N4OS. The van der Waals surface area contributed by atoms with Crippen LogP contribution < -0.4 is 11.1 Å². The Balaban J connectivity index is 2.26. The van der Waals surface area contributed by atoms with E-state index < -0.39 is 0 Å². The first-order chi connectivity index (χ1) is 9.20. The number of rotatable bonds is 5. The van der Waals surface area contributed by atoms with Crippen LogP contribution in [0.4, 0.5) is 11.5 Å². The van der Waals surface area contributed by atoms with Gasteiger partial charge in [-0.05, 0) is 17.7 Å². The number of hydrogen-bond donors (Lipinski definition) is 2. The summed E-state index contributed by atoms with van der Waals surface area (Å²) in [6.45, 7) is 0.554. The van der Waals surface area contributed by atoms with Crippen LogP contribution in [-0.2, 0) is 11.3 Å². The molecule has 0 saturated heterocycles. The molecule has 0 aliphatic rings. The van der Waals surface area contributed by atoms with Crippen molar-refractivity contribution < 1.29 is 4.74 Å². The number of nitrogens with two attached hydrogens (primary N) is 1. The molecule has 0 saturated carbocycles. The molecular weight excluding hydrogens is 260 g/mol. The van der Waals surface area contributed by atoms with Crippen LogP contribution in [0.25, 0.3) is 0 Å². The number of hydrogen-bond acceptors (Lipinski definition) is 5. The highest BCUT2D eigenvalue weighted by molar-refractivity contribution is 7.80. The molecule has 0 aliphatic heterocycles. The molecule has 19 heavy (non-hydrogen) atoms. The number of anilines is 2. The molecule has 0 spiro atoms. The first-order valence-corrected chi connectivity index (χ1v) is 6.07. The molecule has 0 aliphatic carbocycles. The first kappa shape index (κ1) is 13.4. The number of aromatic nitrogens is 2. The molecule has 0 fully saturated rings. The lowest BCUT2D eigenvalue weighted by atomic mass is 10.2. The lowest BCUT2D eigenvalue weighted by Gasteiger charge is -2.10. The second kappa shape index (κ2) is 6.21. The molecule has 1 heterocycles. The number of nitrogens with zero attached hydrogens (tertiary/aromatic N) is 2. The Morgan fingerprint density at radius 2 is 2.16 bits per heavy atom. The monoisotopic (exact) mass is 274 g/mol. The summed E-state index contributed by atoms with van der Waals surface area (Å²) < 4.78 is 5.10. The van der Waals surface area contributed by atoms with Gasteiger partial charge in [0.25, 0.3) is 0 Å². The minimum Gasteiger partial charge on any atom is -0.388 e. The van der Waals surface area contributed by atoms with E-state index in [0.717, 1.165) is 11.3 Å². The molecule has 0 atom stereocenters. The van der Waals surface area contributed by atoms with Gasteiger partial charge in [-0.2, -0.15) is 0 Å². The summed E-state index contributed by atoms with van der Waals surface area (Å²) in [4.78, 5) is 8.53. The highest BCUT2D eigenvalue weighted by Gasteiger charge is 2.08. The second-order valence-electron chi connectivity index (χ2n) is 3.88. The Morgan fingerprint density at radius 3 is 2.89 bits per heavy atom. The SMILES string of the molecule is COCc1cccc(Nc2nccnc2C(N)=S)c1. The normalized spacial score (nSPS) is 10.2. The molecule has 2 rings (SSSR count). The van der Waals surface area contributed by atoms with Gasteiger partial charge in [0.05, 0.1) is 6.61 Å². The van der Waals surface area contributed by atoms with E-state index in [1.54, 1.807) is 19.5 Å². The molecule has 98 valence electrons. The second-order valence-corrected chi connectivity index (χ2v) is 4.32. The van der Waals surface area contributed by atoms with Crippen LogP contribution in [0.3, 0.4) is 0 Å². The maximum Gasteiger partial charge on any atom is 0.159 e. The minimum absolute atomic E-state index is 0.212. The van der Waals surface area contributed by atoms with E-state index in [2.05, 4.69) is 15.3 Å². The summed E-state index contributed by atoms with van der Waals surface area (Å²) in [5.74, 6) is 0.546. The van der Waals surface area contributed by atoms with Gasteiger partial charge in [0.1, 0.15) is 10.7 Å². The van der Waals surface area contributed by atoms with Crippen molar-refractivity contribution in [2.45, 2.75) is 6.61 Å². The van der Waals surface area contributed by atoms with Crippen molar-refractivity contribution >= 4 is 28.7 Å². The number of thiocarbonyl (C=S) groups is 1. The van der Waals surface area contributed by atoms with Crippen LogP contribution in [-0.4, -0.2) is 22.1 Å². The van der Waals surface area contributed by atoms with E-state index in [4.69, 9.17) is 22.7 Å². The number of ether oxygens (including phenoxy) is 1. The van der Waals surface area contributed by atoms with Gasteiger partial charge in [-0.25, -0.2) is 9.97 Å². The van der Waals surface area contributed by atoms with Crippen LogP contribution >= 0.6 is 12.2 Å². The zero-order valence-electron chi connectivity index (χ0n) is 10.5. The topological polar surface area (TPSA) is 73.1 Å². The minimum atomic E-state index is 0.212. The lowest BCUT2D eigenvalue weighted by Crippen LogP contribution is -2.14. The van der Waals surface area contributed by atoms with Crippen LogP contribution in [0, 0.1) is 0 Å². The quantitative estimate of drug-likeness (QED) is 0.812. The van der Waals surface area contributed by atoms with Crippen LogP contribution in [0.2, 0.25) is 0 Å². The molecule has 5 nitrogen and oxygen atoms in total. The van der Waals surface area contributed by atoms with E-state index in [1.807, 2.05) is 24.3 Å². The Morgan fingerprint density at radius 1 is 1.37 bits per heavy atom. The van der Waals surface area contributed by atoms with Crippen molar-refractivity contribution in [3.05, 3.63) is 47.9 Å². The van der Waals surface area contributed by atoms with Crippen LogP contribution in [0.1, 0.15) is 11.3 Å². The van der Waals surface area contributed by atoms with Crippen molar-refractivity contribution in [1.29, 1.82) is 0 Å². The third-order valence-corrected chi connectivity index (χ3v) is 2.63. The summed E-state index contributed by atoms with van der Waals surface area (Å²) in [6, 6.07) is 7.83. The smallest absolute Gasteiger partial charge is 0.159 e. The molecule has 3 N–H and O–H groups in total. The fourth-order valence-corrected chi connectivity index (χ4v) is 1.80. The fraction of sp³-hybridized carbons (Fsp3) is 0.154. The third kappa shape index (κ3) is 3.46. The molecule has 2 aromatic rings. The fourth-order valence-electron chi connectivity index (χ4n) is 1.65. The van der Waals surface area contributed by atoms with Gasteiger partial charge < -0.3 is 15.8 Å². The standard InChI is InChI=1S/C13H14N4OS/c1-18-8-9-3-2-4-10(7-9)17-13-11(12(14)19)15-5-6-16-13/h2-7H,8H2,1H3,(H2,14,19)(H,16,17). The van der Waals surface area contributed by atoms with Gasteiger partial charge in [-0.1, -0.05) is 24.4 Å². The van der Waals surface area contributed by atoms with E-state index >= 15 is 0 Å². The zero-order valence-corrected chi connectivity index (χ0v) is 11.3. The van der Waals surface area contributed by atoms with E-state index in [-0.39, 0.29) is 4.99 Å². The maximum atomic E-state index is 5.61. The Labute approximate surface area is 116 Å². The highest BCUT2D eigenvalue weighted by Crippen LogP contribution is 2.18. The first-order valence-electron chi connectivity index (χ1n) is 5.66. The largest absolute Gasteiger partial charge is 0.388 e. The molecule has 6 heteroatoms. The van der Waals surface area contributed by atoms with Crippen LogP contribution in [0.15, 0.2) is 36.7 Å². The summed E-state index contributed by atoms with van der Waals surface area (Å²) in [6.07, 6.45) is 3.14. The van der Waals surface area contributed by atoms with Gasteiger partial charge in [0.2, 0.25) is 0 Å². The molecule has 1 aromatic heterocycles. The molecule has 1 aromatic carbocycles. The molecule has 0 unspecified atom stereocenters. The Bertz CT molecular complexity index is 588. The average molecular weight is 274 g/mol. The lowest BCUT2D eigenvalue weighted by molar-refractivity contribution is 0.185. The molecule has 0 amide bonds. The van der Waals surface area contributed by atoms with Crippen molar-refractivity contribution in [3.63, 3.8) is 0 Å². The van der Waals surface area contributed by atoms with Crippen molar-refractivity contribution in [1.82, 2.24) is 9.97 Å². The predicted octanol–water partition coefficient (Wildman–Crippen LogP) is 2.00. The Hall–Kier alpha value is -2.05. The number of methoxy groups -OCH3 is 1. The summed E-state index contributed by atoms with van der Waals surface area (Å²) in [7, 11) is 1.66. The Kier molecular flexibility index (Phi) is 4.38. The van der Waals surface area contributed by atoms with E-state index in [9.17, 15) is 0 Å². The van der Waals surface area contributed by atoms with Gasteiger partial charge in [-0.15, -0.1) is 0 Å². The van der Waals surface area contributed by atoms with E-state index in [0.29, 0.717) is 18.1 Å².